The lowest BCUT2D eigenvalue weighted by Crippen LogP contribution is -2.54. The molecule has 0 unspecified atom stereocenters. The summed E-state index contributed by atoms with van der Waals surface area (Å²) in [5.74, 6) is -0.856. The van der Waals surface area contributed by atoms with E-state index in [0.29, 0.717) is 22.0 Å². The zero-order chi connectivity index (χ0) is 18.0. The molecular weight excluding hydrogens is 344 g/mol. The fourth-order valence-corrected chi connectivity index (χ4v) is 2.47. The minimum absolute atomic E-state index is 0.141. The quantitative estimate of drug-likeness (QED) is 0.677. The fraction of sp³-hybridized carbons (Fsp3) is 0.0556. The SMILES string of the molecule is COc1ccc(N2C(=O)NC(=O)C(=Cc3ccc(Cl)cc3)C2=O)cc1. The number of nitrogens with zero attached hydrogens (tertiary/aromatic N) is 1. The number of amides is 4. The zero-order valence-corrected chi connectivity index (χ0v) is 13.9. The van der Waals surface area contributed by atoms with E-state index in [9.17, 15) is 14.4 Å². The van der Waals surface area contributed by atoms with Crippen LogP contribution in [0.25, 0.3) is 6.08 Å². The Hall–Kier alpha value is -3.12. The average molecular weight is 357 g/mol. The molecule has 3 rings (SSSR count). The molecule has 126 valence electrons. The van der Waals surface area contributed by atoms with Gasteiger partial charge in [0, 0.05) is 5.02 Å². The van der Waals surface area contributed by atoms with Crippen LogP contribution >= 0.6 is 11.6 Å². The van der Waals surface area contributed by atoms with Gasteiger partial charge in [-0.2, -0.15) is 0 Å². The summed E-state index contributed by atoms with van der Waals surface area (Å²) in [6, 6.07) is 12.2. The number of carbonyl (C=O) groups excluding carboxylic acids is 3. The van der Waals surface area contributed by atoms with Crippen LogP contribution in [0, 0.1) is 0 Å². The van der Waals surface area contributed by atoms with Crippen LogP contribution in [-0.2, 0) is 9.59 Å². The third kappa shape index (κ3) is 3.39. The van der Waals surface area contributed by atoms with Gasteiger partial charge in [-0.05, 0) is 48.0 Å². The number of rotatable bonds is 3. The number of benzene rings is 2. The Morgan fingerprint density at radius 1 is 1.00 bits per heavy atom. The topological polar surface area (TPSA) is 75.7 Å². The molecule has 0 atom stereocenters. The van der Waals surface area contributed by atoms with Crippen molar-refractivity contribution in [1.29, 1.82) is 0 Å². The predicted molar refractivity (Wildman–Crippen MR) is 93.4 cm³/mol. The van der Waals surface area contributed by atoms with E-state index in [4.69, 9.17) is 16.3 Å². The first-order valence-corrected chi connectivity index (χ1v) is 7.68. The lowest BCUT2D eigenvalue weighted by molar-refractivity contribution is -0.122. The van der Waals surface area contributed by atoms with Crippen LogP contribution in [0.4, 0.5) is 10.5 Å². The molecular formula is C18H13ClN2O4. The lowest BCUT2D eigenvalue weighted by Gasteiger charge is -2.26. The van der Waals surface area contributed by atoms with Gasteiger partial charge in [0.25, 0.3) is 11.8 Å². The molecule has 1 aliphatic rings. The van der Waals surface area contributed by atoms with Crippen LogP contribution in [0.2, 0.25) is 5.02 Å². The summed E-state index contributed by atoms with van der Waals surface area (Å²) >= 11 is 5.83. The molecule has 1 heterocycles. The smallest absolute Gasteiger partial charge is 0.335 e. The second-order valence-corrected chi connectivity index (χ2v) is 5.64. The number of nitrogens with one attached hydrogen (secondary N) is 1. The van der Waals surface area contributed by atoms with Crippen LogP contribution in [0.3, 0.4) is 0 Å². The summed E-state index contributed by atoms with van der Waals surface area (Å²) in [4.78, 5) is 37.8. The standard InChI is InChI=1S/C18H13ClN2O4/c1-25-14-8-6-13(7-9-14)21-17(23)15(16(22)20-18(21)24)10-11-2-4-12(19)5-3-11/h2-10H,1H3,(H,20,22,24). The van der Waals surface area contributed by atoms with Crippen LogP contribution in [0.1, 0.15) is 5.56 Å². The number of imide groups is 2. The molecule has 0 saturated carbocycles. The number of methoxy groups -OCH3 is 1. The Bertz CT molecular complexity index is 873. The Morgan fingerprint density at radius 2 is 1.64 bits per heavy atom. The van der Waals surface area contributed by atoms with E-state index in [1.807, 2.05) is 0 Å². The van der Waals surface area contributed by atoms with Gasteiger partial charge in [-0.15, -0.1) is 0 Å². The van der Waals surface area contributed by atoms with Gasteiger partial charge in [-0.3, -0.25) is 14.9 Å². The molecule has 0 aromatic heterocycles. The van der Waals surface area contributed by atoms with Crippen molar-refractivity contribution in [1.82, 2.24) is 5.32 Å². The highest BCUT2D eigenvalue weighted by molar-refractivity contribution is 6.39. The number of hydrogen-bond donors (Lipinski definition) is 1. The lowest BCUT2D eigenvalue weighted by atomic mass is 10.1. The highest BCUT2D eigenvalue weighted by atomic mass is 35.5. The van der Waals surface area contributed by atoms with Gasteiger partial charge >= 0.3 is 6.03 Å². The Morgan fingerprint density at radius 3 is 2.24 bits per heavy atom. The number of halogens is 1. The number of anilines is 1. The van der Waals surface area contributed by atoms with Crippen molar-refractivity contribution in [3.05, 3.63) is 64.7 Å². The third-order valence-corrected chi connectivity index (χ3v) is 3.87. The Labute approximate surface area is 148 Å². The molecule has 2 aromatic carbocycles. The first-order valence-electron chi connectivity index (χ1n) is 7.30. The van der Waals surface area contributed by atoms with E-state index in [1.54, 1.807) is 48.5 Å². The summed E-state index contributed by atoms with van der Waals surface area (Å²) in [6.07, 6.45) is 1.41. The van der Waals surface area contributed by atoms with Crippen molar-refractivity contribution >= 4 is 41.2 Å². The largest absolute Gasteiger partial charge is 0.497 e. The number of hydrogen-bond acceptors (Lipinski definition) is 4. The van der Waals surface area contributed by atoms with E-state index in [1.165, 1.54) is 13.2 Å². The van der Waals surface area contributed by atoms with E-state index in [-0.39, 0.29) is 5.57 Å². The predicted octanol–water partition coefficient (Wildman–Crippen LogP) is 3.02. The van der Waals surface area contributed by atoms with Crippen molar-refractivity contribution in [2.45, 2.75) is 0 Å². The van der Waals surface area contributed by atoms with Gasteiger partial charge in [0.05, 0.1) is 12.8 Å². The average Bonchev–Trinajstić information content (AvgIpc) is 2.60. The molecule has 1 saturated heterocycles. The highest BCUT2D eigenvalue weighted by Crippen LogP contribution is 2.24. The number of urea groups is 1. The normalized spacial score (nSPS) is 16.2. The minimum Gasteiger partial charge on any atom is -0.497 e. The van der Waals surface area contributed by atoms with Gasteiger partial charge in [0.1, 0.15) is 11.3 Å². The third-order valence-electron chi connectivity index (χ3n) is 3.61. The minimum atomic E-state index is -0.798. The van der Waals surface area contributed by atoms with E-state index in [2.05, 4.69) is 5.32 Å². The molecule has 7 heteroatoms. The van der Waals surface area contributed by atoms with Crippen molar-refractivity contribution in [2.75, 3.05) is 12.0 Å². The van der Waals surface area contributed by atoms with Gasteiger partial charge in [-0.25, -0.2) is 9.69 Å². The Kier molecular flexibility index (Phi) is 4.54. The van der Waals surface area contributed by atoms with Crippen LogP contribution < -0.4 is 15.0 Å². The van der Waals surface area contributed by atoms with Crippen molar-refractivity contribution in [2.24, 2.45) is 0 Å². The molecule has 25 heavy (non-hydrogen) atoms. The number of barbiturate groups is 1. The van der Waals surface area contributed by atoms with Crippen LogP contribution in [0.5, 0.6) is 5.75 Å². The summed E-state index contributed by atoms with van der Waals surface area (Å²) < 4.78 is 5.06. The van der Waals surface area contributed by atoms with Gasteiger partial charge in [0.15, 0.2) is 0 Å². The maximum Gasteiger partial charge on any atom is 0.335 e. The molecule has 0 bridgehead atoms. The molecule has 4 amide bonds. The van der Waals surface area contributed by atoms with Crippen molar-refractivity contribution in [3.63, 3.8) is 0 Å². The summed E-state index contributed by atoms with van der Waals surface area (Å²) in [6.45, 7) is 0. The summed E-state index contributed by atoms with van der Waals surface area (Å²) in [5, 5.41) is 2.71. The molecule has 1 N–H and O–H groups in total. The fourth-order valence-electron chi connectivity index (χ4n) is 2.35. The monoisotopic (exact) mass is 356 g/mol. The van der Waals surface area contributed by atoms with Gasteiger partial charge in [-0.1, -0.05) is 23.7 Å². The van der Waals surface area contributed by atoms with E-state index >= 15 is 0 Å². The van der Waals surface area contributed by atoms with Crippen molar-refractivity contribution < 1.29 is 19.1 Å². The highest BCUT2D eigenvalue weighted by Gasteiger charge is 2.36. The second-order valence-electron chi connectivity index (χ2n) is 5.21. The molecule has 2 aromatic rings. The maximum absolute atomic E-state index is 12.7. The van der Waals surface area contributed by atoms with Gasteiger partial charge < -0.3 is 4.74 Å². The molecule has 0 aliphatic carbocycles. The summed E-state index contributed by atoms with van der Waals surface area (Å²) in [5.41, 5.74) is 0.808. The van der Waals surface area contributed by atoms with Crippen LogP contribution in [-0.4, -0.2) is 25.0 Å². The first kappa shape index (κ1) is 16.7. The van der Waals surface area contributed by atoms with Crippen molar-refractivity contribution in [3.8, 4) is 5.75 Å². The Balaban J connectivity index is 1.97. The van der Waals surface area contributed by atoms with Crippen LogP contribution in [0.15, 0.2) is 54.1 Å². The zero-order valence-electron chi connectivity index (χ0n) is 13.2. The van der Waals surface area contributed by atoms with E-state index in [0.717, 1.165) is 4.90 Å². The van der Waals surface area contributed by atoms with E-state index < -0.39 is 17.8 Å². The molecule has 0 radical (unpaired) electrons. The number of carbonyl (C=O) groups is 3. The molecule has 1 fully saturated rings. The second kappa shape index (κ2) is 6.78. The maximum atomic E-state index is 12.7. The molecule has 0 spiro atoms. The van der Waals surface area contributed by atoms with Gasteiger partial charge in [0.2, 0.25) is 0 Å². The summed E-state index contributed by atoms with van der Waals surface area (Å²) in [7, 11) is 1.51. The molecule has 6 nitrogen and oxygen atoms in total. The molecule has 1 aliphatic heterocycles. The number of ether oxygens (including phenoxy) is 1. The first-order chi connectivity index (χ1) is 12.0.